The SMILES string of the molecule is COCCOCC(Br)(Br)OC.[Ni]. The van der Waals surface area contributed by atoms with Crippen molar-refractivity contribution in [3.63, 3.8) is 0 Å². The second-order valence-electron chi connectivity index (χ2n) is 1.89. The Hall–Kier alpha value is 1.33. The molecule has 0 saturated carbocycles. The van der Waals surface area contributed by atoms with Crippen LogP contribution in [0, 0.1) is 0 Å². The van der Waals surface area contributed by atoms with E-state index in [1.165, 1.54) is 0 Å². The third-order valence-corrected chi connectivity index (χ3v) is 2.11. The Bertz CT molecular complexity index is 103. The van der Waals surface area contributed by atoms with Gasteiger partial charge in [-0.2, -0.15) is 0 Å². The van der Waals surface area contributed by atoms with Gasteiger partial charge in [0.1, 0.15) is 0 Å². The summed E-state index contributed by atoms with van der Waals surface area (Å²) in [5, 5.41) is 0. The van der Waals surface area contributed by atoms with Crippen LogP contribution in [-0.2, 0) is 30.7 Å². The Morgan fingerprint density at radius 3 is 2.17 bits per heavy atom. The molecule has 0 N–H and O–H groups in total. The van der Waals surface area contributed by atoms with Crippen LogP contribution >= 0.6 is 31.9 Å². The molecule has 0 amide bonds. The van der Waals surface area contributed by atoms with E-state index >= 15 is 0 Å². The number of rotatable bonds is 6. The fourth-order valence-corrected chi connectivity index (χ4v) is 0.716. The Kier molecular flexibility index (Phi) is 11.7. The minimum absolute atomic E-state index is 0. The Labute approximate surface area is 99.7 Å². The summed E-state index contributed by atoms with van der Waals surface area (Å²) in [7, 11) is 3.22. The zero-order valence-corrected chi connectivity index (χ0v) is 11.1. The second kappa shape index (κ2) is 8.91. The predicted octanol–water partition coefficient (Wildman–Crippen LogP) is 1.74. The number of hydrogen-bond donors (Lipinski definition) is 0. The van der Waals surface area contributed by atoms with E-state index in [0.717, 1.165) is 0 Å². The zero-order chi connectivity index (χ0) is 8.74. The van der Waals surface area contributed by atoms with Crippen molar-refractivity contribution in [2.45, 2.75) is 3.42 Å². The molecule has 0 fully saturated rings. The van der Waals surface area contributed by atoms with Crippen LogP contribution in [0.3, 0.4) is 0 Å². The summed E-state index contributed by atoms with van der Waals surface area (Å²) in [5.41, 5.74) is 0. The van der Waals surface area contributed by atoms with Crippen molar-refractivity contribution >= 4 is 31.9 Å². The van der Waals surface area contributed by atoms with E-state index in [1.807, 2.05) is 0 Å². The molecular formula is C6H12Br2NiO3. The predicted molar refractivity (Wildman–Crippen MR) is 50.3 cm³/mol. The van der Waals surface area contributed by atoms with Gasteiger partial charge in [0.2, 0.25) is 3.42 Å². The number of methoxy groups -OCH3 is 2. The van der Waals surface area contributed by atoms with Crippen LogP contribution in [0.4, 0.5) is 0 Å². The summed E-state index contributed by atoms with van der Waals surface area (Å²) in [6, 6.07) is 0. The first-order chi connectivity index (χ1) is 5.12. The molecule has 78 valence electrons. The van der Waals surface area contributed by atoms with Crippen LogP contribution < -0.4 is 0 Å². The molecule has 0 saturated heterocycles. The van der Waals surface area contributed by atoms with Gasteiger partial charge in [0, 0.05) is 30.7 Å². The van der Waals surface area contributed by atoms with Gasteiger partial charge < -0.3 is 14.2 Å². The Morgan fingerprint density at radius 1 is 1.17 bits per heavy atom. The van der Waals surface area contributed by atoms with Crippen molar-refractivity contribution < 1.29 is 30.7 Å². The molecule has 0 aromatic carbocycles. The standard InChI is InChI=1S/C6H12Br2O3.Ni/c1-9-3-4-11-5-6(7,8)10-2;/h3-5H2,1-2H3;. The number of hydrogen-bond acceptors (Lipinski definition) is 3. The Balaban J connectivity index is 0. The summed E-state index contributed by atoms with van der Waals surface area (Å²) in [6.07, 6.45) is 0. The van der Waals surface area contributed by atoms with E-state index in [4.69, 9.17) is 14.2 Å². The van der Waals surface area contributed by atoms with Crippen molar-refractivity contribution in [1.82, 2.24) is 0 Å². The molecule has 0 aliphatic carbocycles. The van der Waals surface area contributed by atoms with E-state index < -0.39 is 3.42 Å². The molecule has 0 aliphatic heterocycles. The van der Waals surface area contributed by atoms with Gasteiger partial charge in [-0.3, -0.25) is 0 Å². The van der Waals surface area contributed by atoms with Crippen molar-refractivity contribution in [2.24, 2.45) is 0 Å². The molecular weight excluding hydrogens is 339 g/mol. The molecule has 0 rings (SSSR count). The quantitative estimate of drug-likeness (QED) is 0.415. The Morgan fingerprint density at radius 2 is 1.75 bits per heavy atom. The molecule has 0 aliphatic rings. The largest absolute Gasteiger partial charge is 0.382 e. The van der Waals surface area contributed by atoms with Crippen LogP contribution in [0.15, 0.2) is 0 Å². The van der Waals surface area contributed by atoms with Crippen molar-refractivity contribution in [1.29, 1.82) is 0 Å². The van der Waals surface area contributed by atoms with E-state index in [9.17, 15) is 0 Å². The minimum atomic E-state index is -0.562. The van der Waals surface area contributed by atoms with Gasteiger partial charge >= 0.3 is 0 Å². The molecule has 0 aromatic rings. The smallest absolute Gasteiger partial charge is 0.200 e. The zero-order valence-electron chi connectivity index (χ0n) is 6.92. The average Bonchev–Trinajstić information content (AvgIpc) is 1.99. The molecule has 0 bridgehead atoms. The van der Waals surface area contributed by atoms with Crippen LogP contribution in [0.1, 0.15) is 0 Å². The summed E-state index contributed by atoms with van der Waals surface area (Å²) < 4.78 is 14.4. The van der Waals surface area contributed by atoms with Gasteiger partial charge in [0.15, 0.2) is 0 Å². The number of halogens is 2. The summed E-state index contributed by atoms with van der Waals surface area (Å²) >= 11 is 6.52. The van der Waals surface area contributed by atoms with Crippen molar-refractivity contribution in [3.05, 3.63) is 0 Å². The van der Waals surface area contributed by atoms with E-state index in [-0.39, 0.29) is 16.5 Å². The minimum Gasteiger partial charge on any atom is -0.382 e. The maximum atomic E-state index is 5.19. The first kappa shape index (κ1) is 15.8. The fourth-order valence-electron chi connectivity index (χ4n) is 0.392. The average molecular weight is 351 g/mol. The van der Waals surface area contributed by atoms with E-state index in [0.29, 0.717) is 19.8 Å². The fraction of sp³-hybridized carbons (Fsp3) is 1.00. The summed E-state index contributed by atoms with van der Waals surface area (Å²) in [5.74, 6) is 0. The first-order valence-corrected chi connectivity index (χ1v) is 4.70. The van der Waals surface area contributed by atoms with Gasteiger partial charge in [-0.1, -0.05) is 0 Å². The molecule has 6 heteroatoms. The molecule has 0 atom stereocenters. The van der Waals surface area contributed by atoms with Gasteiger partial charge in [0.25, 0.3) is 0 Å². The molecule has 0 unspecified atom stereocenters. The molecule has 0 heterocycles. The monoisotopic (exact) mass is 348 g/mol. The van der Waals surface area contributed by atoms with E-state index in [2.05, 4.69) is 31.9 Å². The van der Waals surface area contributed by atoms with Gasteiger partial charge in [-0.15, -0.1) is 0 Å². The van der Waals surface area contributed by atoms with Gasteiger partial charge in [-0.25, -0.2) is 0 Å². The molecule has 12 heavy (non-hydrogen) atoms. The van der Waals surface area contributed by atoms with Crippen LogP contribution in [0.2, 0.25) is 0 Å². The van der Waals surface area contributed by atoms with Crippen molar-refractivity contribution in [3.8, 4) is 0 Å². The summed E-state index contributed by atoms with van der Waals surface area (Å²) in [4.78, 5) is 0. The maximum absolute atomic E-state index is 5.19. The van der Waals surface area contributed by atoms with E-state index in [1.54, 1.807) is 14.2 Å². The van der Waals surface area contributed by atoms with Gasteiger partial charge in [-0.05, 0) is 31.9 Å². The molecule has 3 nitrogen and oxygen atoms in total. The summed E-state index contributed by atoms with van der Waals surface area (Å²) in [6.45, 7) is 1.60. The molecule has 0 radical (unpaired) electrons. The van der Waals surface area contributed by atoms with Crippen molar-refractivity contribution in [2.75, 3.05) is 34.0 Å². The number of ether oxygens (including phenoxy) is 3. The van der Waals surface area contributed by atoms with Crippen LogP contribution in [0.5, 0.6) is 0 Å². The van der Waals surface area contributed by atoms with Gasteiger partial charge in [0.05, 0.1) is 19.8 Å². The topological polar surface area (TPSA) is 27.7 Å². The van der Waals surface area contributed by atoms with Crippen LogP contribution in [0.25, 0.3) is 0 Å². The third-order valence-electron chi connectivity index (χ3n) is 1.00. The first-order valence-electron chi connectivity index (χ1n) is 3.12. The number of alkyl halides is 2. The maximum Gasteiger partial charge on any atom is 0.200 e. The molecule has 0 aromatic heterocycles. The molecule has 0 spiro atoms. The third kappa shape index (κ3) is 9.42. The normalized spacial score (nSPS) is 11.0. The second-order valence-corrected chi connectivity index (χ2v) is 5.51. The van der Waals surface area contributed by atoms with Crippen LogP contribution in [-0.4, -0.2) is 37.5 Å².